The van der Waals surface area contributed by atoms with Crippen molar-refractivity contribution >= 4 is 33.2 Å². The number of carbonyl (C=O) groups excluding carboxylic acids is 1. The van der Waals surface area contributed by atoms with Crippen molar-refractivity contribution in [3.8, 4) is 11.5 Å². The van der Waals surface area contributed by atoms with Crippen LogP contribution in [0.1, 0.15) is 18.4 Å². The molecule has 1 saturated heterocycles. The average Bonchev–Trinajstić information content (AvgIpc) is 2.79. The first-order chi connectivity index (χ1) is 15.8. The zero-order chi connectivity index (χ0) is 23.4. The molecule has 1 atom stereocenters. The Bertz CT molecular complexity index is 1110. The number of fused-ring (bicyclic) bond motifs is 1. The van der Waals surface area contributed by atoms with Crippen LogP contribution < -0.4 is 19.5 Å². The standard InChI is InChI=1S/C23H28ClN3O5S/c1-16-4-6-18(7-5-16)33(29,30)25-13-17-3-2-8-27(14-17)15-23(28)26-20-12-22-21(11-19(20)24)31-9-10-32-22/h4-7,11-12,17,25H,2-3,8-10,13-15H2,1H3,(H,26,28). The predicted octanol–water partition coefficient (Wildman–Crippen LogP) is 3.05. The summed E-state index contributed by atoms with van der Waals surface area (Å²) in [4.78, 5) is 14.9. The number of hydrogen-bond acceptors (Lipinski definition) is 6. The number of ether oxygens (including phenoxy) is 2. The van der Waals surface area contributed by atoms with E-state index in [4.69, 9.17) is 21.1 Å². The number of rotatable bonds is 7. The normalized spacial score (nSPS) is 18.7. The zero-order valence-electron chi connectivity index (χ0n) is 18.5. The molecule has 2 aliphatic heterocycles. The minimum atomic E-state index is -3.55. The molecule has 0 aromatic heterocycles. The maximum absolute atomic E-state index is 12.6. The quantitative estimate of drug-likeness (QED) is 0.615. The van der Waals surface area contributed by atoms with Crippen molar-refractivity contribution in [2.24, 2.45) is 5.92 Å². The van der Waals surface area contributed by atoms with Crippen LogP contribution in [-0.4, -0.2) is 58.6 Å². The van der Waals surface area contributed by atoms with E-state index in [1.165, 1.54) is 0 Å². The van der Waals surface area contributed by atoms with Crippen molar-refractivity contribution in [1.29, 1.82) is 0 Å². The van der Waals surface area contributed by atoms with Crippen molar-refractivity contribution in [3.05, 3.63) is 47.0 Å². The van der Waals surface area contributed by atoms with E-state index in [0.29, 0.717) is 48.5 Å². The number of hydrogen-bond donors (Lipinski definition) is 2. The third-order valence-electron chi connectivity index (χ3n) is 5.77. The lowest BCUT2D eigenvalue weighted by Crippen LogP contribution is -2.43. The maximum atomic E-state index is 12.6. The van der Waals surface area contributed by atoms with E-state index in [-0.39, 0.29) is 23.3 Å². The van der Waals surface area contributed by atoms with Crippen molar-refractivity contribution < 1.29 is 22.7 Å². The summed E-state index contributed by atoms with van der Waals surface area (Å²) < 4.78 is 38.9. The number of benzene rings is 2. The summed E-state index contributed by atoms with van der Waals surface area (Å²) in [6.07, 6.45) is 1.80. The average molecular weight is 494 g/mol. The van der Waals surface area contributed by atoms with Crippen LogP contribution in [0.5, 0.6) is 11.5 Å². The van der Waals surface area contributed by atoms with Gasteiger partial charge in [0, 0.05) is 25.2 Å². The van der Waals surface area contributed by atoms with Crippen molar-refractivity contribution in [2.75, 3.05) is 44.7 Å². The van der Waals surface area contributed by atoms with E-state index < -0.39 is 10.0 Å². The molecule has 10 heteroatoms. The Morgan fingerprint density at radius 2 is 1.85 bits per heavy atom. The number of anilines is 1. The Morgan fingerprint density at radius 3 is 2.58 bits per heavy atom. The Kier molecular flexibility index (Phi) is 7.43. The molecule has 1 amide bonds. The number of nitrogens with one attached hydrogen (secondary N) is 2. The minimum absolute atomic E-state index is 0.129. The fourth-order valence-electron chi connectivity index (χ4n) is 4.04. The Morgan fingerprint density at radius 1 is 1.15 bits per heavy atom. The molecule has 0 spiro atoms. The summed E-state index contributed by atoms with van der Waals surface area (Å²) in [5.74, 6) is 1.06. The Hall–Kier alpha value is -2.33. The summed E-state index contributed by atoms with van der Waals surface area (Å²) >= 11 is 6.29. The van der Waals surface area contributed by atoms with Gasteiger partial charge in [-0.1, -0.05) is 29.3 Å². The van der Waals surface area contributed by atoms with Gasteiger partial charge in [0.05, 0.1) is 22.2 Å². The first kappa shape index (κ1) is 23.8. The third-order valence-corrected chi connectivity index (χ3v) is 7.52. The lowest BCUT2D eigenvalue weighted by molar-refractivity contribution is -0.117. The predicted molar refractivity (Wildman–Crippen MR) is 127 cm³/mol. The van der Waals surface area contributed by atoms with Crippen molar-refractivity contribution in [2.45, 2.75) is 24.7 Å². The Balaban J connectivity index is 1.30. The molecule has 2 aliphatic rings. The number of amides is 1. The molecule has 178 valence electrons. The highest BCUT2D eigenvalue weighted by molar-refractivity contribution is 7.89. The number of halogens is 1. The number of nitrogens with zero attached hydrogens (tertiary/aromatic N) is 1. The van der Waals surface area contributed by atoms with Gasteiger partial charge in [-0.3, -0.25) is 9.69 Å². The molecule has 8 nitrogen and oxygen atoms in total. The molecule has 0 aliphatic carbocycles. The molecule has 1 fully saturated rings. The minimum Gasteiger partial charge on any atom is -0.486 e. The van der Waals surface area contributed by atoms with E-state index in [2.05, 4.69) is 10.0 Å². The van der Waals surface area contributed by atoms with Gasteiger partial charge in [0.2, 0.25) is 15.9 Å². The van der Waals surface area contributed by atoms with Gasteiger partial charge in [-0.15, -0.1) is 0 Å². The van der Waals surface area contributed by atoms with Crippen LogP contribution in [0.25, 0.3) is 0 Å². The molecular weight excluding hydrogens is 466 g/mol. The summed E-state index contributed by atoms with van der Waals surface area (Å²) in [5, 5.41) is 3.23. The summed E-state index contributed by atoms with van der Waals surface area (Å²) in [7, 11) is -3.55. The molecule has 0 bridgehead atoms. The fraction of sp³-hybridized carbons (Fsp3) is 0.435. The molecule has 0 saturated carbocycles. The highest BCUT2D eigenvalue weighted by Gasteiger charge is 2.24. The van der Waals surface area contributed by atoms with Crippen LogP contribution in [-0.2, 0) is 14.8 Å². The van der Waals surface area contributed by atoms with Crippen LogP contribution in [0.4, 0.5) is 5.69 Å². The first-order valence-corrected chi connectivity index (χ1v) is 12.8. The van der Waals surface area contributed by atoms with Crippen LogP contribution in [0.2, 0.25) is 5.02 Å². The third kappa shape index (κ3) is 6.17. The summed E-state index contributed by atoms with van der Waals surface area (Å²) in [6.45, 7) is 4.78. The maximum Gasteiger partial charge on any atom is 0.240 e. The smallest absolute Gasteiger partial charge is 0.240 e. The first-order valence-electron chi connectivity index (χ1n) is 11.0. The van der Waals surface area contributed by atoms with Gasteiger partial charge in [0.1, 0.15) is 13.2 Å². The topological polar surface area (TPSA) is 97.0 Å². The SMILES string of the molecule is Cc1ccc(S(=O)(=O)NCC2CCCN(CC(=O)Nc3cc4c(cc3Cl)OCCO4)C2)cc1. The van der Waals surface area contributed by atoms with Gasteiger partial charge in [-0.2, -0.15) is 0 Å². The molecule has 1 unspecified atom stereocenters. The summed E-state index contributed by atoms with van der Waals surface area (Å²) in [5.41, 5.74) is 1.48. The second-order valence-electron chi connectivity index (χ2n) is 8.43. The molecule has 2 aromatic rings. The van der Waals surface area contributed by atoms with Gasteiger partial charge in [-0.05, 0) is 44.4 Å². The van der Waals surface area contributed by atoms with Crippen LogP contribution in [0.15, 0.2) is 41.3 Å². The van der Waals surface area contributed by atoms with Crippen LogP contribution >= 0.6 is 11.6 Å². The fourth-order valence-corrected chi connectivity index (χ4v) is 5.36. The zero-order valence-corrected chi connectivity index (χ0v) is 20.0. The Labute approximate surface area is 199 Å². The van der Waals surface area contributed by atoms with Crippen molar-refractivity contribution in [1.82, 2.24) is 9.62 Å². The molecule has 33 heavy (non-hydrogen) atoms. The number of piperidine rings is 1. The van der Waals surface area contributed by atoms with E-state index in [1.54, 1.807) is 36.4 Å². The van der Waals surface area contributed by atoms with Gasteiger partial charge < -0.3 is 14.8 Å². The van der Waals surface area contributed by atoms with Gasteiger partial charge in [0.15, 0.2) is 11.5 Å². The van der Waals surface area contributed by atoms with E-state index >= 15 is 0 Å². The lowest BCUT2D eigenvalue weighted by Gasteiger charge is -2.32. The second-order valence-corrected chi connectivity index (χ2v) is 10.6. The number of carbonyl (C=O) groups is 1. The molecular formula is C23H28ClN3O5S. The van der Waals surface area contributed by atoms with E-state index in [0.717, 1.165) is 24.9 Å². The largest absolute Gasteiger partial charge is 0.486 e. The molecule has 4 rings (SSSR count). The van der Waals surface area contributed by atoms with Crippen LogP contribution in [0.3, 0.4) is 0 Å². The van der Waals surface area contributed by atoms with Gasteiger partial charge in [0.25, 0.3) is 0 Å². The monoisotopic (exact) mass is 493 g/mol. The number of likely N-dealkylation sites (tertiary alicyclic amines) is 1. The highest BCUT2D eigenvalue weighted by Crippen LogP contribution is 2.38. The lowest BCUT2D eigenvalue weighted by atomic mass is 9.98. The molecule has 2 heterocycles. The number of sulfonamides is 1. The number of aryl methyl sites for hydroxylation is 1. The van der Waals surface area contributed by atoms with Crippen molar-refractivity contribution in [3.63, 3.8) is 0 Å². The summed E-state index contributed by atoms with van der Waals surface area (Å²) in [6, 6.07) is 10.1. The van der Waals surface area contributed by atoms with E-state index in [9.17, 15) is 13.2 Å². The van der Waals surface area contributed by atoms with Crippen LogP contribution in [0, 0.1) is 12.8 Å². The molecule has 2 N–H and O–H groups in total. The molecule has 0 radical (unpaired) electrons. The van der Waals surface area contributed by atoms with Gasteiger partial charge in [-0.25, -0.2) is 13.1 Å². The second kappa shape index (κ2) is 10.3. The van der Waals surface area contributed by atoms with E-state index in [1.807, 2.05) is 11.8 Å². The highest BCUT2D eigenvalue weighted by atomic mass is 35.5. The molecule has 2 aromatic carbocycles. The van der Waals surface area contributed by atoms with Gasteiger partial charge >= 0.3 is 0 Å².